The molecule has 1 heterocycles. The second kappa shape index (κ2) is 4.23. The van der Waals surface area contributed by atoms with Crippen molar-refractivity contribution in [3.63, 3.8) is 0 Å². The molecule has 1 aromatic carbocycles. The van der Waals surface area contributed by atoms with Crippen LogP contribution < -0.4 is 0 Å². The summed E-state index contributed by atoms with van der Waals surface area (Å²) >= 11 is 1.57. The van der Waals surface area contributed by atoms with Crippen LogP contribution in [-0.4, -0.2) is 22.6 Å². The summed E-state index contributed by atoms with van der Waals surface area (Å²) in [6.45, 7) is 0. The van der Waals surface area contributed by atoms with E-state index >= 15 is 0 Å². The Morgan fingerprint density at radius 1 is 1.40 bits per heavy atom. The smallest absolute Gasteiger partial charge is 0.307 e. The standard InChI is InChI=1S/C11H11FO2S/c12-10-4-2-1-3-7(10)8-5-15-6-9(8)11(13)14/h1-4,8-9H,5-6H2,(H,13,14). The van der Waals surface area contributed by atoms with Crippen molar-refractivity contribution in [3.05, 3.63) is 35.6 Å². The quantitative estimate of drug-likeness (QED) is 0.841. The number of rotatable bonds is 2. The van der Waals surface area contributed by atoms with Crippen LogP contribution in [0.2, 0.25) is 0 Å². The Balaban J connectivity index is 2.30. The zero-order chi connectivity index (χ0) is 10.8. The van der Waals surface area contributed by atoms with E-state index in [-0.39, 0.29) is 11.7 Å². The third-order valence-corrected chi connectivity index (χ3v) is 3.89. The van der Waals surface area contributed by atoms with Crippen molar-refractivity contribution in [2.24, 2.45) is 5.92 Å². The third-order valence-electron chi connectivity index (χ3n) is 2.70. The van der Waals surface area contributed by atoms with E-state index in [1.54, 1.807) is 30.0 Å². The fourth-order valence-corrected chi connectivity index (χ4v) is 3.31. The molecule has 0 amide bonds. The van der Waals surface area contributed by atoms with Gasteiger partial charge in [0.2, 0.25) is 0 Å². The molecule has 0 saturated carbocycles. The second-order valence-corrected chi connectivity index (χ2v) is 4.69. The van der Waals surface area contributed by atoms with Gasteiger partial charge in [-0.15, -0.1) is 0 Å². The number of hydrogen-bond acceptors (Lipinski definition) is 2. The predicted molar refractivity (Wildman–Crippen MR) is 57.6 cm³/mol. The average molecular weight is 226 g/mol. The molecule has 1 aliphatic rings. The first-order valence-electron chi connectivity index (χ1n) is 4.75. The summed E-state index contributed by atoms with van der Waals surface area (Å²) in [5.74, 6) is -0.489. The summed E-state index contributed by atoms with van der Waals surface area (Å²) in [7, 11) is 0. The van der Waals surface area contributed by atoms with Crippen LogP contribution in [0.25, 0.3) is 0 Å². The number of hydrogen-bond donors (Lipinski definition) is 1. The number of halogens is 1. The van der Waals surface area contributed by atoms with Crippen LogP contribution in [-0.2, 0) is 4.79 Å². The molecule has 2 nitrogen and oxygen atoms in total. The first-order chi connectivity index (χ1) is 7.20. The first kappa shape index (κ1) is 10.5. The van der Waals surface area contributed by atoms with Gasteiger partial charge in [-0.3, -0.25) is 4.79 Å². The maximum absolute atomic E-state index is 13.5. The van der Waals surface area contributed by atoms with E-state index in [0.29, 0.717) is 17.1 Å². The zero-order valence-corrected chi connectivity index (χ0v) is 8.84. The highest BCUT2D eigenvalue weighted by Gasteiger charge is 2.35. The van der Waals surface area contributed by atoms with Gasteiger partial charge in [0.15, 0.2) is 0 Å². The second-order valence-electron chi connectivity index (χ2n) is 3.61. The molecule has 1 saturated heterocycles. The van der Waals surface area contributed by atoms with Crippen molar-refractivity contribution in [3.8, 4) is 0 Å². The molecule has 0 radical (unpaired) electrons. The molecule has 15 heavy (non-hydrogen) atoms. The maximum Gasteiger partial charge on any atom is 0.307 e. The molecule has 0 spiro atoms. The Kier molecular flexibility index (Phi) is 2.95. The SMILES string of the molecule is O=C(O)C1CSCC1c1ccccc1F. The van der Waals surface area contributed by atoms with Crippen LogP contribution in [0.5, 0.6) is 0 Å². The number of thioether (sulfide) groups is 1. The fraction of sp³-hybridized carbons (Fsp3) is 0.364. The Bertz CT molecular complexity index is 381. The molecule has 80 valence electrons. The molecule has 2 unspecified atom stereocenters. The third kappa shape index (κ3) is 2.00. The summed E-state index contributed by atoms with van der Waals surface area (Å²) in [5.41, 5.74) is 0.537. The summed E-state index contributed by atoms with van der Waals surface area (Å²) in [5, 5.41) is 9.00. The highest BCUT2D eigenvalue weighted by molar-refractivity contribution is 7.99. The molecular weight excluding hydrogens is 215 g/mol. The van der Waals surface area contributed by atoms with Crippen molar-refractivity contribution in [2.75, 3.05) is 11.5 Å². The van der Waals surface area contributed by atoms with Gasteiger partial charge in [-0.2, -0.15) is 11.8 Å². The molecule has 4 heteroatoms. The molecule has 2 atom stereocenters. The van der Waals surface area contributed by atoms with Crippen molar-refractivity contribution in [1.29, 1.82) is 0 Å². The van der Waals surface area contributed by atoms with E-state index in [0.717, 1.165) is 0 Å². The van der Waals surface area contributed by atoms with Crippen molar-refractivity contribution in [2.45, 2.75) is 5.92 Å². The molecule has 0 bridgehead atoms. The number of carboxylic acid groups (broad SMARTS) is 1. The van der Waals surface area contributed by atoms with Gasteiger partial charge in [0, 0.05) is 17.4 Å². The summed E-state index contributed by atoms with van der Waals surface area (Å²) in [6, 6.07) is 6.44. The Labute approximate surface area is 91.5 Å². The van der Waals surface area contributed by atoms with Crippen LogP contribution >= 0.6 is 11.8 Å². The lowest BCUT2D eigenvalue weighted by molar-refractivity contribution is -0.141. The Hall–Kier alpha value is -1.03. The molecule has 1 aromatic rings. The zero-order valence-electron chi connectivity index (χ0n) is 8.02. The molecule has 1 fully saturated rings. The van der Waals surface area contributed by atoms with Crippen LogP contribution in [0.1, 0.15) is 11.5 Å². The average Bonchev–Trinajstić information content (AvgIpc) is 2.67. The van der Waals surface area contributed by atoms with E-state index in [9.17, 15) is 9.18 Å². The van der Waals surface area contributed by atoms with Crippen LogP contribution in [0.15, 0.2) is 24.3 Å². The predicted octanol–water partition coefficient (Wildman–Crippen LogP) is 2.36. The van der Waals surface area contributed by atoms with Crippen LogP contribution in [0.4, 0.5) is 4.39 Å². The fourth-order valence-electron chi connectivity index (χ4n) is 1.88. The highest BCUT2D eigenvalue weighted by atomic mass is 32.2. The van der Waals surface area contributed by atoms with Gasteiger partial charge in [-0.05, 0) is 11.6 Å². The maximum atomic E-state index is 13.5. The number of aliphatic carboxylic acids is 1. The van der Waals surface area contributed by atoms with Gasteiger partial charge in [0.1, 0.15) is 5.82 Å². The summed E-state index contributed by atoms with van der Waals surface area (Å²) in [4.78, 5) is 11.0. The van der Waals surface area contributed by atoms with E-state index in [2.05, 4.69) is 0 Å². The van der Waals surface area contributed by atoms with Gasteiger partial charge in [0.05, 0.1) is 5.92 Å². The van der Waals surface area contributed by atoms with E-state index in [1.807, 2.05) is 0 Å². The minimum absolute atomic E-state index is 0.186. The monoisotopic (exact) mass is 226 g/mol. The number of benzene rings is 1. The molecule has 1 aliphatic heterocycles. The van der Waals surface area contributed by atoms with Crippen molar-refractivity contribution < 1.29 is 14.3 Å². The van der Waals surface area contributed by atoms with Crippen LogP contribution in [0, 0.1) is 11.7 Å². The topological polar surface area (TPSA) is 37.3 Å². The van der Waals surface area contributed by atoms with Gasteiger partial charge in [-0.1, -0.05) is 18.2 Å². The van der Waals surface area contributed by atoms with Gasteiger partial charge in [0.25, 0.3) is 0 Å². The normalized spacial score (nSPS) is 25.4. The van der Waals surface area contributed by atoms with E-state index in [4.69, 9.17) is 5.11 Å². The summed E-state index contributed by atoms with van der Waals surface area (Å²) in [6.07, 6.45) is 0. The lowest BCUT2D eigenvalue weighted by atomic mass is 9.89. The Morgan fingerprint density at radius 2 is 2.13 bits per heavy atom. The molecular formula is C11H11FO2S. The van der Waals surface area contributed by atoms with Crippen LogP contribution in [0.3, 0.4) is 0 Å². The summed E-state index contributed by atoms with van der Waals surface area (Å²) < 4.78 is 13.5. The van der Waals surface area contributed by atoms with Gasteiger partial charge < -0.3 is 5.11 Å². The van der Waals surface area contributed by atoms with E-state index in [1.165, 1.54) is 6.07 Å². The molecule has 1 N–H and O–H groups in total. The Morgan fingerprint density at radius 3 is 2.80 bits per heavy atom. The first-order valence-corrected chi connectivity index (χ1v) is 5.90. The molecule has 0 aromatic heterocycles. The lowest BCUT2D eigenvalue weighted by Gasteiger charge is -2.15. The molecule has 2 rings (SSSR count). The minimum atomic E-state index is -0.826. The number of carbonyl (C=O) groups is 1. The van der Waals surface area contributed by atoms with Crippen molar-refractivity contribution in [1.82, 2.24) is 0 Å². The van der Waals surface area contributed by atoms with Gasteiger partial charge in [-0.25, -0.2) is 4.39 Å². The largest absolute Gasteiger partial charge is 0.481 e. The lowest BCUT2D eigenvalue weighted by Crippen LogP contribution is -2.21. The highest BCUT2D eigenvalue weighted by Crippen LogP contribution is 2.38. The van der Waals surface area contributed by atoms with E-state index < -0.39 is 11.9 Å². The van der Waals surface area contributed by atoms with Crippen molar-refractivity contribution >= 4 is 17.7 Å². The number of carboxylic acids is 1. The minimum Gasteiger partial charge on any atom is -0.481 e. The molecule has 0 aliphatic carbocycles. The van der Waals surface area contributed by atoms with Gasteiger partial charge >= 0.3 is 5.97 Å².